The maximum Gasteiger partial charge on any atom is 0.324 e. The lowest BCUT2D eigenvalue weighted by Crippen LogP contribution is -2.35. The zero-order valence-corrected chi connectivity index (χ0v) is 13.9. The largest absolute Gasteiger partial charge is 0.496 e. The van der Waals surface area contributed by atoms with Crippen LogP contribution in [0.2, 0.25) is 0 Å². The molecule has 130 valence electrons. The number of amides is 2. The third kappa shape index (κ3) is 5.11. The highest BCUT2D eigenvalue weighted by Gasteiger charge is 2.12. The van der Waals surface area contributed by atoms with Crippen LogP contribution in [-0.2, 0) is 4.79 Å². The molecular formula is C15H14N4O5S. The first kappa shape index (κ1) is 18.1. The second-order valence-corrected chi connectivity index (χ2v) is 5.70. The van der Waals surface area contributed by atoms with Crippen molar-refractivity contribution in [2.24, 2.45) is 5.10 Å². The van der Waals surface area contributed by atoms with Gasteiger partial charge in [0.2, 0.25) is 0 Å². The fraction of sp³-hybridized carbons (Fsp3) is 0.133. The molecule has 25 heavy (non-hydrogen) atoms. The van der Waals surface area contributed by atoms with Crippen molar-refractivity contribution < 1.29 is 19.2 Å². The van der Waals surface area contributed by atoms with Crippen molar-refractivity contribution in [3.8, 4) is 5.75 Å². The lowest BCUT2D eigenvalue weighted by atomic mass is 10.2. The summed E-state index contributed by atoms with van der Waals surface area (Å²) in [5, 5.41) is 16.7. The minimum atomic E-state index is -0.537. The minimum Gasteiger partial charge on any atom is -0.496 e. The summed E-state index contributed by atoms with van der Waals surface area (Å²) in [6.45, 7) is -0.279. The van der Waals surface area contributed by atoms with Gasteiger partial charge in [0.05, 0.1) is 35.2 Å². The lowest BCUT2D eigenvalue weighted by molar-refractivity contribution is -0.380. The number of nitrogens with one attached hydrogen (secondary N) is 2. The second-order valence-electron chi connectivity index (χ2n) is 4.61. The van der Waals surface area contributed by atoms with Crippen molar-refractivity contribution in [2.45, 2.75) is 0 Å². The van der Waals surface area contributed by atoms with Gasteiger partial charge in [-0.3, -0.25) is 19.7 Å². The van der Waals surface area contributed by atoms with Crippen LogP contribution in [0.5, 0.6) is 5.75 Å². The smallest absolute Gasteiger partial charge is 0.324 e. The highest BCUT2D eigenvalue weighted by atomic mass is 32.1. The molecule has 0 saturated heterocycles. The third-order valence-electron chi connectivity index (χ3n) is 2.93. The molecule has 1 aromatic carbocycles. The van der Waals surface area contributed by atoms with Gasteiger partial charge >= 0.3 is 5.00 Å². The van der Waals surface area contributed by atoms with Crippen LogP contribution < -0.4 is 15.5 Å². The number of nitro groups is 1. The van der Waals surface area contributed by atoms with Gasteiger partial charge < -0.3 is 10.1 Å². The van der Waals surface area contributed by atoms with Crippen molar-refractivity contribution in [1.29, 1.82) is 0 Å². The quantitative estimate of drug-likeness (QED) is 0.439. The van der Waals surface area contributed by atoms with Crippen molar-refractivity contribution in [2.75, 3.05) is 13.7 Å². The monoisotopic (exact) mass is 362 g/mol. The number of methoxy groups -OCH3 is 1. The summed E-state index contributed by atoms with van der Waals surface area (Å²) < 4.78 is 5.07. The standard InChI is InChI=1S/C15H14N4O5S/c1-24-12-5-3-2-4-11(12)15(21)16-9-13(20)18-17-8-10-6-7-14(25-10)19(22)23/h2-8H,9H2,1H3,(H,16,21)(H,18,20)/b17-8+. The van der Waals surface area contributed by atoms with Gasteiger partial charge in [0, 0.05) is 6.07 Å². The Balaban J connectivity index is 1.83. The molecule has 0 spiro atoms. The van der Waals surface area contributed by atoms with E-state index in [-0.39, 0.29) is 11.5 Å². The van der Waals surface area contributed by atoms with Crippen LogP contribution in [0.3, 0.4) is 0 Å². The Morgan fingerprint density at radius 2 is 2.08 bits per heavy atom. The van der Waals surface area contributed by atoms with Gasteiger partial charge in [-0.1, -0.05) is 23.5 Å². The average molecular weight is 362 g/mol. The summed E-state index contributed by atoms with van der Waals surface area (Å²) in [6.07, 6.45) is 1.29. The predicted molar refractivity (Wildman–Crippen MR) is 92.0 cm³/mol. The lowest BCUT2D eigenvalue weighted by Gasteiger charge is -2.08. The fourth-order valence-corrected chi connectivity index (χ4v) is 2.50. The van der Waals surface area contributed by atoms with E-state index in [9.17, 15) is 19.7 Å². The normalized spacial score (nSPS) is 10.4. The highest BCUT2D eigenvalue weighted by molar-refractivity contribution is 7.16. The molecule has 1 aromatic heterocycles. The van der Waals surface area contributed by atoms with E-state index in [0.29, 0.717) is 16.2 Å². The van der Waals surface area contributed by atoms with Crippen molar-refractivity contribution in [3.63, 3.8) is 0 Å². The second kappa shape index (κ2) is 8.55. The van der Waals surface area contributed by atoms with Crippen LogP contribution >= 0.6 is 11.3 Å². The number of carbonyl (C=O) groups excluding carboxylic acids is 2. The Kier molecular flexibility index (Phi) is 6.18. The number of nitrogens with zero attached hydrogens (tertiary/aromatic N) is 2. The molecule has 0 atom stereocenters. The van der Waals surface area contributed by atoms with Crippen LogP contribution in [0, 0.1) is 10.1 Å². The number of rotatable bonds is 7. The van der Waals surface area contributed by atoms with Crippen LogP contribution in [0.1, 0.15) is 15.2 Å². The Bertz CT molecular complexity index is 818. The zero-order chi connectivity index (χ0) is 18.2. The summed E-state index contributed by atoms with van der Waals surface area (Å²) in [5.74, 6) is -0.589. The molecule has 10 heteroatoms. The number of thiophene rings is 1. The summed E-state index contributed by atoms with van der Waals surface area (Å²) in [7, 11) is 1.45. The number of para-hydroxylation sites is 1. The summed E-state index contributed by atoms with van der Waals surface area (Å²) in [6, 6.07) is 9.49. The Hall–Kier alpha value is -3.27. The first-order valence-corrected chi connectivity index (χ1v) is 7.80. The predicted octanol–water partition coefficient (Wildman–Crippen LogP) is 1.54. The zero-order valence-electron chi connectivity index (χ0n) is 13.1. The van der Waals surface area contributed by atoms with Crippen molar-refractivity contribution >= 4 is 34.4 Å². The minimum absolute atomic E-state index is 0.0168. The van der Waals surface area contributed by atoms with Gasteiger partial charge in [0.25, 0.3) is 11.8 Å². The average Bonchev–Trinajstić information content (AvgIpc) is 3.09. The van der Waals surface area contributed by atoms with E-state index in [1.807, 2.05) is 0 Å². The first-order valence-electron chi connectivity index (χ1n) is 6.98. The molecule has 0 aliphatic carbocycles. The molecule has 0 radical (unpaired) electrons. The van der Waals surface area contributed by atoms with E-state index in [1.54, 1.807) is 24.3 Å². The fourth-order valence-electron chi connectivity index (χ4n) is 1.81. The number of hydrogen-bond acceptors (Lipinski definition) is 7. The summed E-state index contributed by atoms with van der Waals surface area (Å²) >= 11 is 0.929. The Morgan fingerprint density at radius 1 is 1.32 bits per heavy atom. The van der Waals surface area contributed by atoms with Gasteiger partial charge in [-0.2, -0.15) is 5.10 Å². The molecule has 2 N–H and O–H groups in total. The highest BCUT2D eigenvalue weighted by Crippen LogP contribution is 2.22. The van der Waals surface area contributed by atoms with Crippen LogP contribution in [0.25, 0.3) is 0 Å². The Labute approximate surface area is 146 Å². The molecule has 0 bridgehead atoms. The van der Waals surface area contributed by atoms with Crippen molar-refractivity contribution in [3.05, 3.63) is 57.0 Å². The van der Waals surface area contributed by atoms with E-state index < -0.39 is 16.7 Å². The molecule has 0 aliphatic heterocycles. The summed E-state index contributed by atoms with van der Waals surface area (Å²) in [5.41, 5.74) is 2.54. The topological polar surface area (TPSA) is 123 Å². The molecule has 2 aromatic rings. The van der Waals surface area contributed by atoms with Crippen LogP contribution in [0.4, 0.5) is 5.00 Å². The molecule has 0 unspecified atom stereocenters. The molecule has 1 heterocycles. The SMILES string of the molecule is COc1ccccc1C(=O)NCC(=O)N/N=C/c1ccc([N+](=O)[O-])s1. The first-order chi connectivity index (χ1) is 12.0. The molecule has 0 fully saturated rings. The van der Waals surface area contributed by atoms with Crippen LogP contribution in [0.15, 0.2) is 41.5 Å². The van der Waals surface area contributed by atoms with Gasteiger partial charge in [-0.05, 0) is 18.2 Å². The van der Waals surface area contributed by atoms with E-state index in [1.165, 1.54) is 25.5 Å². The number of hydrazone groups is 1. The number of hydrogen-bond donors (Lipinski definition) is 2. The van der Waals surface area contributed by atoms with E-state index in [0.717, 1.165) is 11.3 Å². The maximum absolute atomic E-state index is 12.0. The Morgan fingerprint density at radius 3 is 2.76 bits per heavy atom. The molecule has 0 saturated carbocycles. The van der Waals surface area contributed by atoms with E-state index in [2.05, 4.69) is 15.8 Å². The van der Waals surface area contributed by atoms with Gasteiger partial charge in [-0.25, -0.2) is 5.43 Å². The molecule has 2 amide bonds. The van der Waals surface area contributed by atoms with E-state index in [4.69, 9.17) is 4.74 Å². The van der Waals surface area contributed by atoms with Crippen molar-refractivity contribution in [1.82, 2.24) is 10.7 Å². The molecule has 0 aliphatic rings. The summed E-state index contributed by atoms with van der Waals surface area (Å²) in [4.78, 5) is 34.3. The number of ether oxygens (including phenoxy) is 1. The number of benzene rings is 1. The van der Waals surface area contributed by atoms with Gasteiger partial charge in [-0.15, -0.1) is 0 Å². The van der Waals surface area contributed by atoms with Gasteiger partial charge in [0.1, 0.15) is 5.75 Å². The molecular weight excluding hydrogens is 348 g/mol. The number of carbonyl (C=O) groups is 2. The molecule has 2 rings (SSSR count). The van der Waals surface area contributed by atoms with E-state index >= 15 is 0 Å². The third-order valence-corrected chi connectivity index (χ3v) is 3.91. The van der Waals surface area contributed by atoms with Gasteiger partial charge in [0.15, 0.2) is 0 Å². The van der Waals surface area contributed by atoms with Crippen LogP contribution in [-0.4, -0.2) is 36.6 Å². The molecule has 9 nitrogen and oxygen atoms in total. The maximum atomic E-state index is 12.0.